The van der Waals surface area contributed by atoms with E-state index in [1.807, 2.05) is 37.3 Å². The van der Waals surface area contributed by atoms with Crippen LogP contribution >= 0.6 is 11.6 Å². The monoisotopic (exact) mass is 290 g/mol. The van der Waals surface area contributed by atoms with Crippen LogP contribution in [0.5, 0.6) is 5.75 Å². The fraction of sp³-hybridized carbons (Fsp3) is 0.133. The number of oxime groups is 1. The number of halogens is 1. The van der Waals surface area contributed by atoms with Crippen molar-refractivity contribution in [2.24, 2.45) is 10.9 Å². The van der Waals surface area contributed by atoms with Crippen LogP contribution in [-0.4, -0.2) is 11.0 Å². The van der Waals surface area contributed by atoms with Gasteiger partial charge in [0.15, 0.2) is 5.84 Å². The van der Waals surface area contributed by atoms with Crippen molar-refractivity contribution in [1.82, 2.24) is 0 Å². The molecule has 20 heavy (non-hydrogen) atoms. The third kappa shape index (κ3) is 3.22. The number of nitrogens with zero attached hydrogens (tertiary/aromatic N) is 1. The van der Waals surface area contributed by atoms with E-state index in [1.54, 1.807) is 12.1 Å². The molecule has 0 saturated heterocycles. The molecule has 0 heterocycles. The minimum atomic E-state index is 0.0487. The highest BCUT2D eigenvalue weighted by atomic mass is 35.5. The van der Waals surface area contributed by atoms with E-state index >= 15 is 0 Å². The summed E-state index contributed by atoms with van der Waals surface area (Å²) in [5, 5.41) is 12.3. The Balaban J connectivity index is 2.19. The Labute approximate surface area is 122 Å². The first kappa shape index (κ1) is 14.2. The molecule has 0 aliphatic carbocycles. The maximum Gasteiger partial charge on any atom is 0.170 e. The second-order valence-electron chi connectivity index (χ2n) is 4.35. The SMILES string of the molecule is Cc1ccc(/C(N)=N/O)cc1OCc1ccccc1Cl. The molecule has 3 N–H and O–H groups in total. The maximum absolute atomic E-state index is 8.70. The lowest BCUT2D eigenvalue weighted by Gasteiger charge is -2.11. The summed E-state index contributed by atoms with van der Waals surface area (Å²) in [6, 6.07) is 12.9. The summed E-state index contributed by atoms with van der Waals surface area (Å²) in [5.41, 5.74) is 8.04. The number of aryl methyl sites for hydroxylation is 1. The van der Waals surface area contributed by atoms with E-state index in [2.05, 4.69) is 5.16 Å². The van der Waals surface area contributed by atoms with Gasteiger partial charge in [0.25, 0.3) is 0 Å². The summed E-state index contributed by atoms with van der Waals surface area (Å²) in [7, 11) is 0. The first-order chi connectivity index (χ1) is 9.61. The van der Waals surface area contributed by atoms with Crippen LogP contribution in [0.3, 0.4) is 0 Å². The Bertz CT molecular complexity index is 642. The average molecular weight is 291 g/mol. The Morgan fingerprint density at radius 1 is 1.30 bits per heavy atom. The van der Waals surface area contributed by atoms with Crippen molar-refractivity contribution in [2.75, 3.05) is 0 Å². The van der Waals surface area contributed by atoms with Crippen LogP contribution in [-0.2, 0) is 6.61 Å². The third-order valence-electron chi connectivity index (χ3n) is 2.93. The normalized spacial score (nSPS) is 11.4. The second-order valence-corrected chi connectivity index (χ2v) is 4.75. The van der Waals surface area contributed by atoms with Gasteiger partial charge in [-0.3, -0.25) is 0 Å². The molecule has 0 spiro atoms. The molecule has 104 valence electrons. The average Bonchev–Trinajstić information content (AvgIpc) is 2.47. The topological polar surface area (TPSA) is 67.8 Å². The Kier molecular flexibility index (Phi) is 4.48. The largest absolute Gasteiger partial charge is 0.489 e. The number of ether oxygens (including phenoxy) is 1. The minimum Gasteiger partial charge on any atom is -0.489 e. The molecule has 0 fully saturated rings. The Morgan fingerprint density at radius 3 is 2.75 bits per heavy atom. The lowest BCUT2D eigenvalue weighted by atomic mass is 10.1. The molecule has 0 radical (unpaired) electrons. The molecular weight excluding hydrogens is 276 g/mol. The van der Waals surface area contributed by atoms with Gasteiger partial charge in [-0.1, -0.05) is 47.1 Å². The highest BCUT2D eigenvalue weighted by Gasteiger charge is 2.06. The molecule has 0 aliphatic rings. The van der Waals surface area contributed by atoms with Crippen LogP contribution in [0.2, 0.25) is 5.02 Å². The van der Waals surface area contributed by atoms with Crippen molar-refractivity contribution in [2.45, 2.75) is 13.5 Å². The summed E-state index contributed by atoms with van der Waals surface area (Å²) in [6.07, 6.45) is 0. The number of nitrogens with two attached hydrogens (primary N) is 1. The van der Waals surface area contributed by atoms with Gasteiger partial charge in [0.2, 0.25) is 0 Å². The summed E-state index contributed by atoms with van der Waals surface area (Å²) in [5.74, 6) is 0.724. The number of amidine groups is 1. The lowest BCUT2D eigenvalue weighted by Crippen LogP contribution is -2.13. The van der Waals surface area contributed by atoms with Gasteiger partial charge in [-0.2, -0.15) is 0 Å². The molecule has 0 amide bonds. The summed E-state index contributed by atoms with van der Waals surface area (Å²) in [4.78, 5) is 0. The number of benzene rings is 2. The van der Waals surface area contributed by atoms with Gasteiger partial charge in [-0.25, -0.2) is 0 Å². The highest BCUT2D eigenvalue weighted by molar-refractivity contribution is 6.31. The molecule has 0 aromatic heterocycles. The molecule has 2 aromatic carbocycles. The highest BCUT2D eigenvalue weighted by Crippen LogP contribution is 2.22. The molecule has 0 saturated carbocycles. The van der Waals surface area contributed by atoms with Gasteiger partial charge in [0.05, 0.1) is 0 Å². The summed E-state index contributed by atoms with van der Waals surface area (Å²) >= 11 is 6.08. The standard InChI is InChI=1S/C15H15ClN2O2/c1-10-6-7-11(15(17)18-19)8-14(10)20-9-12-4-2-3-5-13(12)16/h2-8,19H,9H2,1H3,(H2,17,18). The van der Waals surface area contributed by atoms with Gasteiger partial charge >= 0.3 is 0 Å². The number of hydrogen-bond acceptors (Lipinski definition) is 3. The van der Waals surface area contributed by atoms with E-state index in [0.29, 0.717) is 22.9 Å². The van der Waals surface area contributed by atoms with Crippen LogP contribution in [0.1, 0.15) is 16.7 Å². The van der Waals surface area contributed by atoms with Gasteiger partial charge in [-0.15, -0.1) is 0 Å². The van der Waals surface area contributed by atoms with Crippen molar-refractivity contribution in [3.8, 4) is 5.75 Å². The van der Waals surface area contributed by atoms with Crippen LogP contribution in [0, 0.1) is 6.92 Å². The molecule has 0 atom stereocenters. The van der Waals surface area contributed by atoms with E-state index in [4.69, 9.17) is 27.3 Å². The predicted octanol–water partition coefficient (Wildman–Crippen LogP) is 3.32. The van der Waals surface area contributed by atoms with Crippen LogP contribution in [0.25, 0.3) is 0 Å². The fourth-order valence-corrected chi connectivity index (χ4v) is 1.93. The zero-order chi connectivity index (χ0) is 14.5. The van der Waals surface area contributed by atoms with Crippen molar-refractivity contribution in [3.05, 3.63) is 64.2 Å². The van der Waals surface area contributed by atoms with Crippen molar-refractivity contribution in [1.29, 1.82) is 0 Å². The molecular formula is C15H15ClN2O2. The molecule has 0 bridgehead atoms. The quantitative estimate of drug-likeness (QED) is 0.393. The van der Waals surface area contributed by atoms with Crippen LogP contribution in [0.4, 0.5) is 0 Å². The van der Waals surface area contributed by atoms with E-state index in [1.165, 1.54) is 0 Å². The van der Waals surface area contributed by atoms with Gasteiger partial charge in [-0.05, 0) is 24.6 Å². The Hall–Kier alpha value is -2.20. The van der Waals surface area contributed by atoms with E-state index in [0.717, 1.165) is 11.1 Å². The van der Waals surface area contributed by atoms with Gasteiger partial charge in [0, 0.05) is 16.1 Å². The maximum atomic E-state index is 8.70. The van der Waals surface area contributed by atoms with Gasteiger partial charge in [0.1, 0.15) is 12.4 Å². The minimum absolute atomic E-state index is 0.0487. The Morgan fingerprint density at radius 2 is 2.05 bits per heavy atom. The van der Waals surface area contributed by atoms with E-state index in [9.17, 15) is 0 Å². The predicted molar refractivity (Wildman–Crippen MR) is 79.5 cm³/mol. The van der Waals surface area contributed by atoms with Crippen molar-refractivity contribution in [3.63, 3.8) is 0 Å². The zero-order valence-corrected chi connectivity index (χ0v) is 11.8. The van der Waals surface area contributed by atoms with Crippen LogP contribution in [0.15, 0.2) is 47.6 Å². The van der Waals surface area contributed by atoms with Crippen LogP contribution < -0.4 is 10.5 Å². The summed E-state index contributed by atoms with van der Waals surface area (Å²) < 4.78 is 5.76. The molecule has 0 unspecified atom stereocenters. The van der Waals surface area contributed by atoms with Crippen molar-refractivity contribution < 1.29 is 9.94 Å². The number of hydrogen-bond donors (Lipinski definition) is 2. The first-order valence-electron chi connectivity index (χ1n) is 6.06. The molecule has 4 nitrogen and oxygen atoms in total. The zero-order valence-electron chi connectivity index (χ0n) is 11.0. The van der Waals surface area contributed by atoms with E-state index < -0.39 is 0 Å². The van der Waals surface area contributed by atoms with E-state index in [-0.39, 0.29) is 5.84 Å². The fourth-order valence-electron chi connectivity index (χ4n) is 1.74. The molecule has 2 rings (SSSR count). The van der Waals surface area contributed by atoms with Gasteiger partial charge < -0.3 is 15.7 Å². The smallest absolute Gasteiger partial charge is 0.170 e. The molecule has 2 aromatic rings. The number of rotatable bonds is 4. The second kappa shape index (κ2) is 6.30. The molecule has 5 heteroatoms. The first-order valence-corrected chi connectivity index (χ1v) is 6.44. The van der Waals surface area contributed by atoms with Crippen molar-refractivity contribution >= 4 is 17.4 Å². The molecule has 0 aliphatic heterocycles. The third-order valence-corrected chi connectivity index (χ3v) is 3.30. The summed E-state index contributed by atoms with van der Waals surface area (Å²) in [6.45, 7) is 2.29. The lowest BCUT2D eigenvalue weighted by molar-refractivity contribution is 0.304.